The molecule has 2 saturated heterocycles. The third-order valence-corrected chi connectivity index (χ3v) is 7.01. The molecule has 23 heavy (non-hydrogen) atoms. The van der Waals surface area contributed by atoms with Crippen molar-refractivity contribution >= 4 is 22.4 Å². The van der Waals surface area contributed by atoms with Crippen molar-refractivity contribution in [2.24, 2.45) is 5.41 Å². The fourth-order valence-corrected chi connectivity index (χ4v) is 5.46. The van der Waals surface area contributed by atoms with Crippen molar-refractivity contribution in [1.29, 1.82) is 0 Å². The summed E-state index contributed by atoms with van der Waals surface area (Å²) in [6.07, 6.45) is 1.99. The number of benzene rings is 1. The molecule has 1 aromatic carbocycles. The van der Waals surface area contributed by atoms with Gasteiger partial charge in [-0.25, -0.2) is 8.42 Å². The second kappa shape index (κ2) is 5.81. The molecule has 3 aliphatic rings. The number of aryl methyl sites for hydroxylation is 1. The van der Waals surface area contributed by atoms with E-state index < -0.39 is 10.0 Å². The first-order valence-corrected chi connectivity index (χ1v) is 9.05. The van der Waals surface area contributed by atoms with E-state index in [1.165, 1.54) is 0 Å². The molecule has 1 N–H and O–H groups in total. The van der Waals surface area contributed by atoms with Crippen LogP contribution in [0.5, 0.6) is 11.5 Å². The second-order valence-corrected chi connectivity index (χ2v) is 8.39. The highest BCUT2D eigenvalue weighted by Gasteiger charge is 2.45. The molecule has 4 rings (SSSR count). The Morgan fingerprint density at radius 3 is 2.65 bits per heavy atom. The molecule has 8 heteroatoms. The minimum absolute atomic E-state index is 0. The third kappa shape index (κ3) is 2.69. The summed E-state index contributed by atoms with van der Waals surface area (Å²) >= 11 is 0. The van der Waals surface area contributed by atoms with E-state index in [0.717, 1.165) is 25.9 Å². The van der Waals surface area contributed by atoms with Crippen molar-refractivity contribution in [2.45, 2.75) is 24.7 Å². The number of ether oxygens (including phenoxy) is 2. The lowest BCUT2D eigenvalue weighted by atomic mass is 9.87. The second-order valence-electron chi connectivity index (χ2n) is 6.49. The van der Waals surface area contributed by atoms with Crippen LogP contribution in [0.4, 0.5) is 0 Å². The number of rotatable bonds is 2. The maximum Gasteiger partial charge on any atom is 0.243 e. The first-order valence-electron chi connectivity index (χ1n) is 7.61. The van der Waals surface area contributed by atoms with Gasteiger partial charge in [-0.15, -0.1) is 12.4 Å². The molecular weight excluding hydrogens is 340 g/mol. The van der Waals surface area contributed by atoms with Gasteiger partial charge >= 0.3 is 0 Å². The highest BCUT2D eigenvalue weighted by molar-refractivity contribution is 7.89. The lowest BCUT2D eigenvalue weighted by Crippen LogP contribution is -2.33. The molecule has 0 radical (unpaired) electrons. The van der Waals surface area contributed by atoms with E-state index in [2.05, 4.69) is 5.32 Å². The van der Waals surface area contributed by atoms with Gasteiger partial charge < -0.3 is 14.8 Å². The minimum atomic E-state index is -3.48. The Hall–Kier alpha value is -1.02. The van der Waals surface area contributed by atoms with E-state index in [-0.39, 0.29) is 24.6 Å². The van der Waals surface area contributed by atoms with Gasteiger partial charge in [0.25, 0.3) is 0 Å². The van der Waals surface area contributed by atoms with E-state index in [4.69, 9.17) is 9.47 Å². The molecule has 1 atom stereocenters. The maximum atomic E-state index is 13.0. The molecule has 1 spiro atoms. The minimum Gasteiger partial charge on any atom is -0.454 e. The molecule has 3 aliphatic heterocycles. The molecule has 0 amide bonds. The Bertz CT molecular complexity index is 716. The third-order valence-electron chi connectivity index (χ3n) is 5.02. The number of halogens is 1. The van der Waals surface area contributed by atoms with E-state index in [0.29, 0.717) is 35.0 Å². The van der Waals surface area contributed by atoms with Crippen LogP contribution >= 0.6 is 12.4 Å². The van der Waals surface area contributed by atoms with Crippen molar-refractivity contribution in [3.05, 3.63) is 17.7 Å². The molecule has 0 aliphatic carbocycles. The van der Waals surface area contributed by atoms with E-state index in [9.17, 15) is 8.42 Å². The molecular formula is C15H21ClN2O4S. The summed E-state index contributed by atoms with van der Waals surface area (Å²) in [7, 11) is -3.48. The zero-order valence-electron chi connectivity index (χ0n) is 13.0. The smallest absolute Gasteiger partial charge is 0.243 e. The highest BCUT2D eigenvalue weighted by Crippen LogP contribution is 2.41. The molecule has 6 nitrogen and oxygen atoms in total. The molecule has 0 aromatic heterocycles. The fourth-order valence-electron chi connectivity index (χ4n) is 3.69. The predicted octanol–water partition coefficient (Wildman–Crippen LogP) is 1.52. The average molecular weight is 361 g/mol. The molecule has 1 unspecified atom stereocenters. The topological polar surface area (TPSA) is 67.9 Å². The Labute approximate surface area is 142 Å². The van der Waals surface area contributed by atoms with Gasteiger partial charge in [0.1, 0.15) is 0 Å². The summed E-state index contributed by atoms with van der Waals surface area (Å²) in [4.78, 5) is 0.333. The number of fused-ring (bicyclic) bond motifs is 1. The zero-order valence-corrected chi connectivity index (χ0v) is 14.6. The van der Waals surface area contributed by atoms with Crippen molar-refractivity contribution < 1.29 is 17.9 Å². The summed E-state index contributed by atoms with van der Waals surface area (Å²) in [6, 6.07) is 3.35. The molecule has 2 fully saturated rings. The van der Waals surface area contributed by atoms with Crippen LogP contribution in [0.3, 0.4) is 0 Å². The van der Waals surface area contributed by atoms with Crippen LogP contribution in [0, 0.1) is 12.3 Å². The van der Waals surface area contributed by atoms with Crippen LogP contribution in [0.2, 0.25) is 0 Å². The first-order chi connectivity index (χ1) is 10.5. The lowest BCUT2D eigenvalue weighted by molar-refractivity contribution is 0.174. The number of nitrogens with zero attached hydrogens (tertiary/aromatic N) is 1. The van der Waals surface area contributed by atoms with Gasteiger partial charge in [-0.3, -0.25) is 0 Å². The standard InChI is InChI=1S/C15H20N2O4S.ClH/c1-11-6-12-13(21-10-20-12)7-14(11)22(18,19)17-5-3-15(9-17)2-4-16-8-15;/h6-7,16H,2-5,8-10H2,1H3;1H. The van der Waals surface area contributed by atoms with Gasteiger partial charge in [0.2, 0.25) is 16.8 Å². The monoisotopic (exact) mass is 360 g/mol. The van der Waals surface area contributed by atoms with Crippen LogP contribution in [-0.4, -0.2) is 45.7 Å². The van der Waals surface area contributed by atoms with Crippen molar-refractivity contribution in [2.75, 3.05) is 33.0 Å². The number of hydrogen-bond acceptors (Lipinski definition) is 5. The SMILES string of the molecule is Cc1cc2c(cc1S(=O)(=O)N1CCC3(CCNC3)C1)OCO2.Cl. The van der Waals surface area contributed by atoms with Gasteiger partial charge in [0.15, 0.2) is 11.5 Å². The van der Waals surface area contributed by atoms with Crippen LogP contribution in [-0.2, 0) is 10.0 Å². The van der Waals surface area contributed by atoms with Gasteiger partial charge in [0, 0.05) is 25.7 Å². The summed E-state index contributed by atoms with van der Waals surface area (Å²) in [5, 5.41) is 3.35. The van der Waals surface area contributed by atoms with Crippen LogP contribution in [0.25, 0.3) is 0 Å². The summed E-state index contributed by atoms with van der Waals surface area (Å²) < 4.78 is 38.3. The Balaban J connectivity index is 0.00000156. The summed E-state index contributed by atoms with van der Waals surface area (Å²) in [5.74, 6) is 1.13. The van der Waals surface area contributed by atoms with Crippen molar-refractivity contribution in [3.8, 4) is 11.5 Å². The summed E-state index contributed by atoms with van der Waals surface area (Å²) in [5.41, 5.74) is 0.826. The Morgan fingerprint density at radius 1 is 1.22 bits per heavy atom. The molecule has 0 bridgehead atoms. The number of hydrogen-bond donors (Lipinski definition) is 1. The van der Waals surface area contributed by atoms with E-state index in [1.807, 2.05) is 0 Å². The Morgan fingerprint density at radius 2 is 1.96 bits per heavy atom. The highest BCUT2D eigenvalue weighted by atomic mass is 35.5. The van der Waals surface area contributed by atoms with Gasteiger partial charge in [-0.1, -0.05) is 0 Å². The number of nitrogens with one attached hydrogen (secondary N) is 1. The predicted molar refractivity (Wildman–Crippen MR) is 87.8 cm³/mol. The fraction of sp³-hybridized carbons (Fsp3) is 0.600. The van der Waals surface area contributed by atoms with Gasteiger partial charge in [-0.05, 0) is 43.4 Å². The average Bonchev–Trinajstić information content (AvgIpc) is 3.20. The van der Waals surface area contributed by atoms with Crippen LogP contribution in [0.15, 0.2) is 17.0 Å². The molecule has 1 aromatic rings. The van der Waals surface area contributed by atoms with E-state index in [1.54, 1.807) is 23.4 Å². The van der Waals surface area contributed by atoms with Crippen molar-refractivity contribution in [1.82, 2.24) is 9.62 Å². The van der Waals surface area contributed by atoms with Crippen molar-refractivity contribution in [3.63, 3.8) is 0 Å². The zero-order chi connectivity index (χ0) is 15.4. The molecule has 0 saturated carbocycles. The van der Waals surface area contributed by atoms with Crippen LogP contribution < -0.4 is 14.8 Å². The largest absolute Gasteiger partial charge is 0.454 e. The van der Waals surface area contributed by atoms with Gasteiger partial charge in [-0.2, -0.15) is 4.31 Å². The maximum absolute atomic E-state index is 13.0. The Kier molecular flexibility index (Phi) is 4.25. The first kappa shape index (κ1) is 16.8. The lowest BCUT2D eigenvalue weighted by Gasteiger charge is -2.23. The van der Waals surface area contributed by atoms with E-state index >= 15 is 0 Å². The molecule has 128 valence electrons. The summed E-state index contributed by atoms with van der Waals surface area (Å²) in [6.45, 7) is 5.05. The molecule has 3 heterocycles. The number of sulfonamides is 1. The van der Waals surface area contributed by atoms with Gasteiger partial charge in [0.05, 0.1) is 4.90 Å². The normalized spacial score (nSPS) is 26.7. The quantitative estimate of drug-likeness (QED) is 0.866. The van der Waals surface area contributed by atoms with Crippen LogP contribution in [0.1, 0.15) is 18.4 Å².